The van der Waals surface area contributed by atoms with Crippen LogP contribution in [0.5, 0.6) is 5.75 Å². The number of halogens is 1. The molecule has 1 aromatic carbocycles. The van der Waals surface area contributed by atoms with E-state index in [2.05, 4.69) is 17.2 Å². The zero-order valence-corrected chi connectivity index (χ0v) is 15.3. The number of nitrogens with one attached hydrogen (secondary N) is 1. The summed E-state index contributed by atoms with van der Waals surface area (Å²) in [6.07, 6.45) is 3.79. The van der Waals surface area contributed by atoms with Gasteiger partial charge in [-0.3, -0.25) is 9.78 Å². The second-order valence-corrected chi connectivity index (χ2v) is 6.77. The number of amides is 1. The van der Waals surface area contributed by atoms with Crippen LogP contribution < -0.4 is 10.1 Å². The molecule has 1 aromatic heterocycles. The monoisotopic (exact) mass is 361 g/mol. The minimum atomic E-state index is 0.0286. The van der Waals surface area contributed by atoms with Gasteiger partial charge >= 0.3 is 0 Å². The zero-order chi connectivity index (χ0) is 17.6. The van der Waals surface area contributed by atoms with Gasteiger partial charge in [0.1, 0.15) is 11.3 Å². The third-order valence-corrected chi connectivity index (χ3v) is 5.01. The van der Waals surface area contributed by atoms with Crippen LogP contribution in [-0.2, 0) is 4.79 Å². The summed E-state index contributed by atoms with van der Waals surface area (Å²) in [5, 5.41) is 4.85. The summed E-state index contributed by atoms with van der Waals surface area (Å²) in [5.41, 5.74) is 0.687. The van der Waals surface area contributed by atoms with Crippen LogP contribution in [0, 0.1) is 5.92 Å². The molecule has 134 valence electrons. The number of carbonyl (C=O) groups is 1. The van der Waals surface area contributed by atoms with Crippen molar-refractivity contribution in [2.75, 3.05) is 32.8 Å². The molecule has 0 spiro atoms. The predicted octanol–water partition coefficient (Wildman–Crippen LogP) is 3.12. The number of carbonyl (C=O) groups excluding carboxylic acids is 1. The fourth-order valence-corrected chi connectivity index (χ4v) is 3.41. The Hall–Kier alpha value is -1.85. The van der Waals surface area contributed by atoms with Crippen molar-refractivity contribution in [1.29, 1.82) is 0 Å². The molecule has 3 rings (SSSR count). The number of likely N-dealkylation sites (tertiary alicyclic amines) is 1. The number of aromatic nitrogens is 1. The van der Waals surface area contributed by atoms with Crippen LogP contribution in [0.3, 0.4) is 0 Å². The van der Waals surface area contributed by atoms with Gasteiger partial charge in [-0.1, -0.05) is 18.5 Å². The third-order valence-electron chi connectivity index (χ3n) is 4.68. The summed E-state index contributed by atoms with van der Waals surface area (Å²) in [4.78, 5) is 18.7. The van der Waals surface area contributed by atoms with Crippen molar-refractivity contribution in [3.05, 3.63) is 35.5 Å². The van der Waals surface area contributed by atoms with Crippen LogP contribution in [-0.4, -0.2) is 48.6 Å². The van der Waals surface area contributed by atoms with Crippen molar-refractivity contribution in [2.45, 2.75) is 19.8 Å². The maximum atomic E-state index is 12.4. The highest BCUT2D eigenvalue weighted by molar-refractivity contribution is 6.35. The van der Waals surface area contributed by atoms with E-state index < -0.39 is 0 Å². The molecule has 1 aliphatic heterocycles. The lowest BCUT2D eigenvalue weighted by Gasteiger charge is -2.32. The van der Waals surface area contributed by atoms with Gasteiger partial charge in [0.15, 0.2) is 6.61 Å². The molecule has 0 saturated carbocycles. The van der Waals surface area contributed by atoms with Crippen molar-refractivity contribution in [3.63, 3.8) is 0 Å². The van der Waals surface area contributed by atoms with Crippen molar-refractivity contribution in [3.8, 4) is 5.75 Å². The first-order valence-corrected chi connectivity index (χ1v) is 9.21. The van der Waals surface area contributed by atoms with E-state index >= 15 is 0 Å². The van der Waals surface area contributed by atoms with Crippen molar-refractivity contribution in [1.82, 2.24) is 15.2 Å². The standard InChI is InChI=1S/C19H24ClN3O2/c1-2-21-12-14-7-10-23(11-8-14)18(24)13-25-17-6-5-16(20)15-4-3-9-22-19(15)17/h3-6,9,14,21H,2,7-8,10-13H2,1H3. The zero-order valence-electron chi connectivity index (χ0n) is 14.5. The van der Waals surface area contributed by atoms with Crippen molar-refractivity contribution in [2.24, 2.45) is 5.92 Å². The fraction of sp³-hybridized carbons (Fsp3) is 0.474. The van der Waals surface area contributed by atoms with Gasteiger partial charge in [0.2, 0.25) is 0 Å². The Kier molecular flexibility index (Phi) is 6.10. The second kappa shape index (κ2) is 8.50. The number of piperidine rings is 1. The smallest absolute Gasteiger partial charge is 0.260 e. The van der Waals surface area contributed by atoms with Gasteiger partial charge < -0.3 is 15.0 Å². The van der Waals surface area contributed by atoms with Gasteiger partial charge in [-0.05, 0) is 56.1 Å². The van der Waals surface area contributed by atoms with E-state index in [9.17, 15) is 4.79 Å². The molecule has 1 N–H and O–H groups in total. The van der Waals surface area contributed by atoms with Gasteiger partial charge in [-0.2, -0.15) is 0 Å². The molecule has 6 heteroatoms. The Morgan fingerprint density at radius 2 is 2.16 bits per heavy atom. The van der Waals surface area contributed by atoms with Gasteiger partial charge in [0.25, 0.3) is 5.91 Å². The molecule has 0 radical (unpaired) electrons. The summed E-state index contributed by atoms with van der Waals surface area (Å²) >= 11 is 6.19. The van der Waals surface area contributed by atoms with E-state index in [4.69, 9.17) is 16.3 Å². The number of pyridine rings is 1. The largest absolute Gasteiger partial charge is 0.481 e. The second-order valence-electron chi connectivity index (χ2n) is 6.37. The average Bonchev–Trinajstić information content (AvgIpc) is 2.66. The molecular weight excluding hydrogens is 338 g/mol. The van der Waals surface area contributed by atoms with E-state index in [1.807, 2.05) is 17.0 Å². The first-order valence-electron chi connectivity index (χ1n) is 8.83. The topological polar surface area (TPSA) is 54.5 Å². The highest BCUT2D eigenvalue weighted by Gasteiger charge is 2.23. The SMILES string of the molecule is CCNCC1CCN(C(=O)COc2ccc(Cl)c3cccnc23)CC1. The van der Waals surface area contributed by atoms with Crippen LogP contribution in [0.25, 0.3) is 10.9 Å². The maximum Gasteiger partial charge on any atom is 0.260 e. The van der Waals surface area contributed by atoms with Crippen LogP contribution in [0.1, 0.15) is 19.8 Å². The molecule has 1 aliphatic rings. The molecular formula is C19H24ClN3O2. The lowest BCUT2D eigenvalue weighted by molar-refractivity contribution is -0.134. The number of ether oxygens (including phenoxy) is 1. The molecule has 1 saturated heterocycles. The van der Waals surface area contributed by atoms with Gasteiger partial charge in [0.05, 0.1) is 5.02 Å². The van der Waals surface area contributed by atoms with Gasteiger partial charge in [-0.25, -0.2) is 0 Å². The molecule has 0 aliphatic carbocycles. The first-order chi connectivity index (χ1) is 12.2. The molecule has 0 unspecified atom stereocenters. The summed E-state index contributed by atoms with van der Waals surface area (Å²) in [7, 11) is 0. The van der Waals surface area contributed by atoms with E-state index in [1.165, 1.54) is 0 Å². The minimum Gasteiger partial charge on any atom is -0.481 e. The maximum absolute atomic E-state index is 12.4. The Bertz CT molecular complexity index is 730. The molecule has 5 nitrogen and oxygen atoms in total. The summed E-state index contributed by atoms with van der Waals surface area (Å²) in [5.74, 6) is 1.28. The molecule has 2 aromatic rings. The number of rotatable bonds is 6. The van der Waals surface area contributed by atoms with E-state index in [0.29, 0.717) is 22.2 Å². The Morgan fingerprint density at radius 1 is 1.36 bits per heavy atom. The van der Waals surface area contributed by atoms with Crippen LogP contribution >= 0.6 is 11.6 Å². The van der Waals surface area contributed by atoms with Crippen LogP contribution in [0.4, 0.5) is 0 Å². The number of hydrogen-bond acceptors (Lipinski definition) is 4. The Morgan fingerprint density at radius 3 is 2.92 bits per heavy atom. The molecule has 0 bridgehead atoms. The molecule has 0 atom stereocenters. The molecule has 1 fully saturated rings. The number of nitrogens with zero attached hydrogens (tertiary/aromatic N) is 2. The van der Waals surface area contributed by atoms with Crippen LogP contribution in [0.15, 0.2) is 30.5 Å². The summed E-state index contributed by atoms with van der Waals surface area (Å²) in [6.45, 7) is 5.79. The first kappa shape index (κ1) is 18.0. The Labute approximate surface area is 153 Å². The predicted molar refractivity (Wildman–Crippen MR) is 100 cm³/mol. The third kappa shape index (κ3) is 4.41. The van der Waals surface area contributed by atoms with E-state index in [0.717, 1.165) is 44.4 Å². The Balaban J connectivity index is 1.56. The number of hydrogen-bond donors (Lipinski definition) is 1. The molecule has 1 amide bonds. The molecule has 25 heavy (non-hydrogen) atoms. The van der Waals surface area contributed by atoms with Crippen LogP contribution in [0.2, 0.25) is 5.02 Å². The lowest BCUT2D eigenvalue weighted by atomic mass is 9.97. The lowest BCUT2D eigenvalue weighted by Crippen LogP contribution is -2.42. The van der Waals surface area contributed by atoms with Gasteiger partial charge in [-0.15, -0.1) is 0 Å². The number of fused-ring (bicyclic) bond motifs is 1. The van der Waals surface area contributed by atoms with E-state index in [1.54, 1.807) is 18.3 Å². The summed E-state index contributed by atoms with van der Waals surface area (Å²) in [6, 6.07) is 7.28. The fourth-order valence-electron chi connectivity index (χ4n) is 3.19. The quantitative estimate of drug-likeness (QED) is 0.858. The van der Waals surface area contributed by atoms with Gasteiger partial charge in [0, 0.05) is 24.7 Å². The highest BCUT2D eigenvalue weighted by Crippen LogP contribution is 2.29. The normalized spacial score (nSPS) is 15.5. The van der Waals surface area contributed by atoms with E-state index in [-0.39, 0.29) is 12.5 Å². The van der Waals surface area contributed by atoms with Crippen molar-refractivity contribution >= 4 is 28.4 Å². The van der Waals surface area contributed by atoms with Crippen molar-refractivity contribution < 1.29 is 9.53 Å². The average molecular weight is 362 g/mol. The summed E-state index contributed by atoms with van der Waals surface area (Å²) < 4.78 is 5.76. The highest BCUT2D eigenvalue weighted by atomic mass is 35.5. The number of benzene rings is 1. The molecule has 2 heterocycles. The minimum absolute atomic E-state index is 0.0286.